The van der Waals surface area contributed by atoms with Gasteiger partial charge in [-0.25, -0.2) is 4.39 Å². The number of alkyl halides is 2. The van der Waals surface area contributed by atoms with E-state index in [0.29, 0.717) is 17.0 Å². The van der Waals surface area contributed by atoms with Gasteiger partial charge in [0.25, 0.3) is 0 Å². The van der Waals surface area contributed by atoms with E-state index >= 15 is 0 Å². The molecule has 2 fully saturated rings. The van der Waals surface area contributed by atoms with Gasteiger partial charge in [0.1, 0.15) is 11.6 Å². The highest BCUT2D eigenvalue weighted by Gasteiger charge is 2.35. The lowest BCUT2D eigenvalue weighted by Crippen LogP contribution is -2.30. The minimum absolute atomic E-state index is 0.0805. The first-order chi connectivity index (χ1) is 15.0. The summed E-state index contributed by atoms with van der Waals surface area (Å²) in [4.78, 5) is 0. The number of halogens is 3. The van der Waals surface area contributed by atoms with Crippen LogP contribution >= 0.6 is 0 Å². The van der Waals surface area contributed by atoms with Crippen LogP contribution in [0.15, 0.2) is 42.5 Å². The molecule has 1 unspecified atom stereocenters. The lowest BCUT2D eigenvalue weighted by Gasteiger charge is -2.42. The molecule has 4 heteroatoms. The van der Waals surface area contributed by atoms with Crippen molar-refractivity contribution in [2.75, 3.05) is 0 Å². The van der Waals surface area contributed by atoms with Crippen molar-refractivity contribution in [1.82, 2.24) is 0 Å². The van der Waals surface area contributed by atoms with Gasteiger partial charge in [0.05, 0.1) is 0 Å². The van der Waals surface area contributed by atoms with Crippen LogP contribution < -0.4 is 4.74 Å². The van der Waals surface area contributed by atoms with Crippen molar-refractivity contribution in [3.8, 4) is 16.9 Å². The monoisotopic (exact) mass is 430 g/mol. The highest BCUT2D eigenvalue weighted by Crippen LogP contribution is 2.48. The molecule has 31 heavy (non-hydrogen) atoms. The summed E-state index contributed by atoms with van der Waals surface area (Å²) >= 11 is 0. The predicted octanol–water partition coefficient (Wildman–Crippen LogP) is 8.58. The van der Waals surface area contributed by atoms with Crippen LogP contribution in [0.25, 0.3) is 11.1 Å². The van der Waals surface area contributed by atoms with E-state index in [1.165, 1.54) is 63.5 Å². The molecule has 0 N–H and O–H groups in total. The molecule has 1 nitrogen and oxygen atoms in total. The molecule has 0 spiro atoms. The molecule has 0 saturated heterocycles. The summed E-state index contributed by atoms with van der Waals surface area (Å²) in [5.41, 5.74) is 2.27. The Morgan fingerprint density at radius 1 is 0.935 bits per heavy atom. The molecule has 0 aromatic heterocycles. The Hall–Kier alpha value is -1.97. The molecule has 0 bridgehead atoms. The molecule has 0 radical (unpaired) electrons. The van der Waals surface area contributed by atoms with Gasteiger partial charge < -0.3 is 4.74 Å². The van der Waals surface area contributed by atoms with Crippen molar-refractivity contribution in [2.24, 2.45) is 17.8 Å². The number of fused-ring (bicyclic) bond motifs is 1. The second kappa shape index (κ2) is 10.1. The van der Waals surface area contributed by atoms with E-state index in [0.717, 1.165) is 29.7 Å². The molecule has 0 amide bonds. The minimum atomic E-state index is -2.86. The average molecular weight is 431 g/mol. The van der Waals surface area contributed by atoms with Crippen LogP contribution in [0, 0.1) is 23.6 Å². The normalized spacial score (nSPS) is 26.0. The van der Waals surface area contributed by atoms with Gasteiger partial charge in [0.15, 0.2) is 0 Å². The number of benzene rings is 2. The summed E-state index contributed by atoms with van der Waals surface area (Å²) in [6, 6.07) is 11.7. The fourth-order valence-electron chi connectivity index (χ4n) is 5.88. The molecule has 2 aromatic rings. The van der Waals surface area contributed by atoms with Crippen molar-refractivity contribution in [2.45, 2.75) is 77.2 Å². The average Bonchev–Trinajstić information content (AvgIpc) is 2.77. The van der Waals surface area contributed by atoms with Gasteiger partial charge in [-0.15, -0.1) is 0 Å². The van der Waals surface area contributed by atoms with Crippen LogP contribution in [0.2, 0.25) is 0 Å². The van der Waals surface area contributed by atoms with Crippen LogP contribution in [0.4, 0.5) is 13.2 Å². The van der Waals surface area contributed by atoms with Gasteiger partial charge in [-0.3, -0.25) is 0 Å². The van der Waals surface area contributed by atoms with Crippen molar-refractivity contribution in [3.63, 3.8) is 0 Å². The Morgan fingerprint density at radius 2 is 1.68 bits per heavy atom. The lowest BCUT2D eigenvalue weighted by molar-refractivity contribution is -0.0498. The number of ether oxygens (including phenoxy) is 1. The third-order valence-corrected chi connectivity index (χ3v) is 7.54. The molecule has 2 aliphatic carbocycles. The number of unbranched alkanes of at least 4 members (excludes halogenated alkanes) is 1. The predicted molar refractivity (Wildman–Crippen MR) is 119 cm³/mol. The maximum absolute atomic E-state index is 15.0. The maximum atomic E-state index is 15.0. The fraction of sp³-hybridized carbons (Fsp3) is 0.556. The van der Waals surface area contributed by atoms with E-state index in [1.54, 1.807) is 18.2 Å². The van der Waals surface area contributed by atoms with Crippen LogP contribution in [0.3, 0.4) is 0 Å². The quantitative estimate of drug-likeness (QED) is 0.427. The highest BCUT2D eigenvalue weighted by atomic mass is 19.3. The second-order valence-corrected chi connectivity index (χ2v) is 9.49. The zero-order valence-corrected chi connectivity index (χ0v) is 18.3. The molecule has 0 heterocycles. The SMILES string of the molecule is CCCCC1CC[C@@H]2C[C@H](c3ccc(-c4ccc(OC(F)F)cc4)c(F)c3)CC[C@@H]2C1. The van der Waals surface area contributed by atoms with E-state index < -0.39 is 6.61 Å². The molecule has 2 saturated carbocycles. The smallest absolute Gasteiger partial charge is 0.387 e. The first-order valence-electron chi connectivity index (χ1n) is 11.9. The van der Waals surface area contributed by atoms with E-state index in [4.69, 9.17) is 0 Å². The summed E-state index contributed by atoms with van der Waals surface area (Å²) in [6.07, 6.45) is 11.8. The van der Waals surface area contributed by atoms with Gasteiger partial charge in [0, 0.05) is 5.56 Å². The fourth-order valence-corrected chi connectivity index (χ4v) is 5.88. The number of hydrogen-bond acceptors (Lipinski definition) is 1. The first-order valence-corrected chi connectivity index (χ1v) is 11.9. The zero-order valence-electron chi connectivity index (χ0n) is 18.3. The maximum Gasteiger partial charge on any atom is 0.387 e. The topological polar surface area (TPSA) is 9.23 Å². The lowest BCUT2D eigenvalue weighted by atomic mass is 9.63. The molecule has 0 aliphatic heterocycles. The number of rotatable bonds is 7. The van der Waals surface area contributed by atoms with Crippen molar-refractivity contribution in [3.05, 3.63) is 53.8 Å². The van der Waals surface area contributed by atoms with Gasteiger partial charge in [-0.1, -0.05) is 56.9 Å². The van der Waals surface area contributed by atoms with Crippen LogP contribution in [-0.2, 0) is 0 Å². The van der Waals surface area contributed by atoms with E-state index in [9.17, 15) is 13.2 Å². The second-order valence-electron chi connectivity index (χ2n) is 9.49. The third-order valence-electron chi connectivity index (χ3n) is 7.54. The van der Waals surface area contributed by atoms with Gasteiger partial charge in [-0.2, -0.15) is 8.78 Å². The molecule has 2 aliphatic rings. The van der Waals surface area contributed by atoms with E-state index in [1.807, 2.05) is 6.07 Å². The molecule has 4 rings (SSSR count). The summed E-state index contributed by atoms with van der Waals surface area (Å²) in [5.74, 6) is 2.86. The molecule has 2 aromatic carbocycles. The molecular weight excluding hydrogens is 397 g/mol. The summed E-state index contributed by atoms with van der Waals surface area (Å²) in [6.45, 7) is -0.582. The molecule has 168 valence electrons. The van der Waals surface area contributed by atoms with Crippen molar-refractivity contribution >= 4 is 0 Å². The van der Waals surface area contributed by atoms with E-state index in [2.05, 4.69) is 17.7 Å². The largest absolute Gasteiger partial charge is 0.435 e. The first kappa shape index (κ1) is 22.2. The summed E-state index contributed by atoms with van der Waals surface area (Å²) in [7, 11) is 0. The van der Waals surface area contributed by atoms with Crippen LogP contribution in [0.5, 0.6) is 5.75 Å². The Kier molecular flexibility index (Phi) is 7.24. The molecular formula is C27H33F3O. The Balaban J connectivity index is 1.40. The summed E-state index contributed by atoms with van der Waals surface area (Å²) < 4.78 is 44.0. The highest BCUT2D eigenvalue weighted by molar-refractivity contribution is 5.65. The zero-order chi connectivity index (χ0) is 21.8. The standard InChI is InChI=1S/C27H33F3O/c1-2-3-4-18-5-6-21-16-22(8-7-20(21)15-18)23-11-14-25(26(28)17-23)19-9-12-24(13-10-19)31-27(29)30/h9-14,17-18,20-22,27H,2-8,15-16H2,1H3/t18?,20-,21-,22-/m1/s1. The van der Waals surface area contributed by atoms with E-state index in [-0.39, 0.29) is 11.6 Å². The van der Waals surface area contributed by atoms with Crippen LogP contribution in [0.1, 0.15) is 76.2 Å². The van der Waals surface area contributed by atoms with Gasteiger partial charge in [-0.05, 0) is 85.1 Å². The minimum Gasteiger partial charge on any atom is -0.435 e. The van der Waals surface area contributed by atoms with Crippen molar-refractivity contribution < 1.29 is 17.9 Å². The molecule has 4 atom stereocenters. The summed E-state index contributed by atoms with van der Waals surface area (Å²) in [5, 5.41) is 0. The van der Waals surface area contributed by atoms with Crippen molar-refractivity contribution in [1.29, 1.82) is 0 Å². The Morgan fingerprint density at radius 3 is 2.39 bits per heavy atom. The third kappa shape index (κ3) is 5.45. The Labute approximate surface area is 184 Å². The van der Waals surface area contributed by atoms with Gasteiger partial charge in [0.2, 0.25) is 0 Å². The van der Waals surface area contributed by atoms with Gasteiger partial charge >= 0.3 is 6.61 Å². The van der Waals surface area contributed by atoms with Crippen LogP contribution in [-0.4, -0.2) is 6.61 Å². The number of hydrogen-bond donors (Lipinski definition) is 0. The Bertz CT molecular complexity index is 848.